The number of aliphatic hydroxyl groups is 1. The smallest absolute Gasteiger partial charge is 0.165 e. The van der Waals surface area contributed by atoms with Crippen molar-refractivity contribution in [2.24, 2.45) is 11.3 Å². The highest BCUT2D eigenvalue weighted by Crippen LogP contribution is 2.71. The summed E-state index contributed by atoms with van der Waals surface area (Å²) >= 11 is 6.04. The number of piperidine rings is 1. The van der Waals surface area contributed by atoms with Crippen LogP contribution < -0.4 is 10.1 Å². The zero-order valence-electron chi connectivity index (χ0n) is 20.5. The summed E-state index contributed by atoms with van der Waals surface area (Å²) < 4.78 is 6.86. The minimum absolute atomic E-state index is 0.0536. The quantitative estimate of drug-likeness (QED) is 0.569. The molecule has 2 aromatic rings. The fourth-order valence-electron chi connectivity index (χ4n) is 8.96. The Bertz CT molecular complexity index is 1240. The number of nitrogens with zero attached hydrogens (tertiary/aromatic N) is 2. The van der Waals surface area contributed by atoms with E-state index < -0.39 is 11.0 Å². The number of aromatic hydroxyl groups is 1. The van der Waals surface area contributed by atoms with E-state index in [4.69, 9.17) is 16.3 Å². The Morgan fingerprint density at radius 3 is 2.75 bits per heavy atom. The molecule has 7 heteroatoms. The highest BCUT2D eigenvalue weighted by atomic mass is 35.5. The SMILES string of the molecule is Oc1ccc2c3c1O[C@H]1[C@@]4(CC[C@H]4NCc4ccc(Cl)cn4)CC[C@@]4(O)[C@H](C2)N(CC2CC2)CC[C@]314. The molecule has 6 aliphatic rings. The van der Waals surface area contributed by atoms with Crippen molar-refractivity contribution in [2.75, 3.05) is 13.1 Å². The van der Waals surface area contributed by atoms with Gasteiger partial charge in [0.05, 0.1) is 21.7 Å². The van der Waals surface area contributed by atoms with Crippen molar-refractivity contribution in [3.8, 4) is 11.5 Å². The molecule has 3 saturated carbocycles. The molecule has 3 N–H and O–H groups in total. The summed E-state index contributed by atoms with van der Waals surface area (Å²) in [6, 6.07) is 8.20. The maximum atomic E-state index is 12.7. The van der Waals surface area contributed by atoms with Crippen molar-refractivity contribution in [1.82, 2.24) is 15.2 Å². The molecule has 4 aliphatic carbocycles. The van der Waals surface area contributed by atoms with Crippen LogP contribution >= 0.6 is 11.6 Å². The molecule has 1 aromatic heterocycles. The molecule has 1 saturated heterocycles. The van der Waals surface area contributed by atoms with Gasteiger partial charge in [0.1, 0.15) is 6.10 Å². The van der Waals surface area contributed by atoms with Crippen LogP contribution in [0.5, 0.6) is 11.5 Å². The van der Waals surface area contributed by atoms with Crippen molar-refractivity contribution in [1.29, 1.82) is 0 Å². The van der Waals surface area contributed by atoms with Crippen molar-refractivity contribution in [3.05, 3.63) is 52.3 Å². The molecule has 190 valence electrons. The number of halogens is 1. The van der Waals surface area contributed by atoms with Crippen LogP contribution in [0.2, 0.25) is 5.02 Å². The van der Waals surface area contributed by atoms with Gasteiger partial charge in [-0.15, -0.1) is 0 Å². The Labute approximate surface area is 217 Å². The summed E-state index contributed by atoms with van der Waals surface area (Å²) in [5.74, 6) is 1.67. The van der Waals surface area contributed by atoms with Gasteiger partial charge >= 0.3 is 0 Å². The number of ether oxygens (including phenoxy) is 1. The summed E-state index contributed by atoms with van der Waals surface area (Å²) in [5.41, 5.74) is 2.06. The van der Waals surface area contributed by atoms with Crippen LogP contribution in [0.1, 0.15) is 61.8 Å². The predicted molar refractivity (Wildman–Crippen MR) is 136 cm³/mol. The molecule has 6 nitrogen and oxygen atoms in total. The van der Waals surface area contributed by atoms with Crippen LogP contribution in [-0.4, -0.2) is 57.0 Å². The normalized spacial score (nSPS) is 40.0. The third kappa shape index (κ3) is 2.72. The molecular formula is C29H34ClN3O3. The van der Waals surface area contributed by atoms with Crippen LogP contribution in [0.15, 0.2) is 30.5 Å². The minimum Gasteiger partial charge on any atom is -0.504 e. The Kier molecular flexibility index (Phi) is 4.54. The first-order valence-electron chi connectivity index (χ1n) is 13.8. The molecule has 6 atom stereocenters. The number of rotatable bonds is 5. The van der Waals surface area contributed by atoms with Gasteiger partial charge in [0, 0.05) is 42.3 Å². The molecule has 0 amide bonds. The fraction of sp³-hybridized carbons (Fsp3) is 0.621. The zero-order chi connectivity index (χ0) is 24.3. The van der Waals surface area contributed by atoms with Crippen molar-refractivity contribution < 1.29 is 14.9 Å². The van der Waals surface area contributed by atoms with Gasteiger partial charge in [-0.1, -0.05) is 17.7 Å². The zero-order valence-corrected chi connectivity index (χ0v) is 21.3. The van der Waals surface area contributed by atoms with E-state index in [1.54, 1.807) is 6.20 Å². The van der Waals surface area contributed by atoms with Gasteiger partial charge in [-0.05, 0) is 87.6 Å². The second-order valence-corrected chi connectivity index (χ2v) is 12.9. The predicted octanol–water partition coefficient (Wildman–Crippen LogP) is 3.94. The van der Waals surface area contributed by atoms with Gasteiger partial charge in [0.25, 0.3) is 0 Å². The Balaban J connectivity index is 1.18. The second-order valence-electron chi connectivity index (χ2n) is 12.4. The number of hydrogen-bond acceptors (Lipinski definition) is 6. The minimum atomic E-state index is -0.819. The van der Waals surface area contributed by atoms with E-state index in [2.05, 4.69) is 21.3 Å². The third-order valence-electron chi connectivity index (χ3n) is 10.9. The second kappa shape index (κ2) is 7.37. The highest BCUT2D eigenvalue weighted by molar-refractivity contribution is 6.30. The number of pyridine rings is 1. The van der Waals surface area contributed by atoms with Gasteiger partial charge in [0.2, 0.25) is 0 Å². The van der Waals surface area contributed by atoms with Crippen LogP contribution in [0.4, 0.5) is 0 Å². The molecule has 8 rings (SSSR count). The standard InChI is InChI=1S/C29H34ClN3O3/c30-19-4-5-20(31-14-19)15-32-22-7-8-27(22)9-10-29(35)23-13-18-3-6-21(34)25-24(18)28(29,26(27)36-25)11-12-33(23)16-17-1-2-17/h3-6,14,17,22-23,26,32,34-35H,1-2,7-13,15-16H2/t22-,23+,26+,27+,28+,29-/m1/s1. The molecule has 2 aliphatic heterocycles. The summed E-state index contributed by atoms with van der Waals surface area (Å²) in [6.45, 7) is 2.80. The Morgan fingerprint density at radius 2 is 2.00 bits per heavy atom. The van der Waals surface area contributed by atoms with E-state index >= 15 is 0 Å². The number of phenolic OH excluding ortho intramolecular Hbond substituents is 1. The number of nitrogens with one attached hydrogen (secondary N) is 1. The van der Waals surface area contributed by atoms with E-state index in [1.165, 1.54) is 18.4 Å². The lowest BCUT2D eigenvalue weighted by atomic mass is 9.40. The molecule has 0 unspecified atom stereocenters. The van der Waals surface area contributed by atoms with E-state index in [0.29, 0.717) is 23.4 Å². The molecule has 2 spiro atoms. The van der Waals surface area contributed by atoms with Gasteiger partial charge < -0.3 is 20.3 Å². The molecular weight excluding hydrogens is 474 g/mol. The number of fused-ring (bicyclic) bond motifs is 1. The lowest BCUT2D eigenvalue weighted by molar-refractivity contribution is -0.236. The van der Waals surface area contributed by atoms with Crippen molar-refractivity contribution in [2.45, 2.75) is 87.1 Å². The number of hydrogen-bond donors (Lipinski definition) is 3. The lowest BCUT2D eigenvalue weighted by Crippen LogP contribution is -2.80. The first-order valence-corrected chi connectivity index (χ1v) is 14.1. The topological polar surface area (TPSA) is 77.8 Å². The van der Waals surface area contributed by atoms with Crippen molar-refractivity contribution in [3.63, 3.8) is 0 Å². The van der Waals surface area contributed by atoms with Gasteiger partial charge in [-0.2, -0.15) is 0 Å². The first-order chi connectivity index (χ1) is 17.4. The van der Waals surface area contributed by atoms with Crippen LogP contribution in [0.25, 0.3) is 0 Å². The molecule has 0 radical (unpaired) electrons. The first kappa shape index (κ1) is 22.2. The monoisotopic (exact) mass is 507 g/mol. The van der Waals surface area contributed by atoms with E-state index in [-0.39, 0.29) is 23.3 Å². The van der Waals surface area contributed by atoms with Crippen LogP contribution in [0, 0.1) is 11.3 Å². The van der Waals surface area contributed by atoms with Crippen LogP contribution in [-0.2, 0) is 18.4 Å². The molecule has 3 heterocycles. The lowest BCUT2D eigenvalue weighted by Gasteiger charge is -2.69. The maximum absolute atomic E-state index is 12.7. The van der Waals surface area contributed by atoms with Crippen molar-refractivity contribution >= 4 is 11.6 Å². The van der Waals surface area contributed by atoms with Gasteiger partial charge in [0.15, 0.2) is 11.5 Å². The molecule has 4 fully saturated rings. The number of benzene rings is 1. The van der Waals surface area contributed by atoms with E-state index in [9.17, 15) is 10.2 Å². The third-order valence-corrected chi connectivity index (χ3v) is 11.1. The molecule has 1 aromatic carbocycles. The largest absolute Gasteiger partial charge is 0.504 e. The van der Waals surface area contributed by atoms with Gasteiger partial charge in [-0.25, -0.2) is 0 Å². The Morgan fingerprint density at radius 1 is 1.11 bits per heavy atom. The number of phenols is 1. The molecule has 2 bridgehead atoms. The van der Waals surface area contributed by atoms with E-state index in [1.807, 2.05) is 18.2 Å². The number of likely N-dealkylation sites (tertiary alicyclic amines) is 1. The average molecular weight is 508 g/mol. The average Bonchev–Trinajstić information content (AvgIpc) is 3.60. The maximum Gasteiger partial charge on any atom is 0.165 e. The van der Waals surface area contributed by atoms with E-state index in [0.717, 1.165) is 68.8 Å². The summed E-state index contributed by atoms with van der Waals surface area (Å²) in [6.07, 6.45) is 9.89. The summed E-state index contributed by atoms with van der Waals surface area (Å²) in [4.78, 5) is 7.08. The van der Waals surface area contributed by atoms with Crippen LogP contribution in [0.3, 0.4) is 0 Å². The summed E-state index contributed by atoms with van der Waals surface area (Å²) in [7, 11) is 0. The fourth-order valence-corrected chi connectivity index (χ4v) is 9.07. The summed E-state index contributed by atoms with van der Waals surface area (Å²) in [5, 5.41) is 28.1. The molecule has 36 heavy (non-hydrogen) atoms. The Hall–Kier alpha value is -1.86. The van der Waals surface area contributed by atoms with Gasteiger partial charge in [-0.3, -0.25) is 9.88 Å². The highest BCUT2D eigenvalue weighted by Gasteiger charge is 2.77. The number of aromatic nitrogens is 1.